The highest BCUT2D eigenvalue weighted by atomic mass is 35.5. The molecule has 2 rings (SSSR count). The molecule has 0 aliphatic carbocycles. The summed E-state index contributed by atoms with van der Waals surface area (Å²) in [7, 11) is 0. The molecule has 4 nitrogen and oxygen atoms in total. The van der Waals surface area contributed by atoms with Crippen molar-refractivity contribution in [3.05, 3.63) is 52.1 Å². The van der Waals surface area contributed by atoms with Crippen LogP contribution in [0.3, 0.4) is 0 Å². The lowest BCUT2D eigenvalue weighted by Gasteiger charge is -2.08. The maximum atomic E-state index is 12.2. The van der Waals surface area contributed by atoms with Crippen LogP contribution in [0.2, 0.25) is 10.0 Å². The van der Waals surface area contributed by atoms with Gasteiger partial charge in [0.2, 0.25) is 0 Å². The number of aromatic nitrogens is 1. The molecular weight excluding hydrogens is 309 g/mol. The van der Waals surface area contributed by atoms with Gasteiger partial charge in [-0.15, -0.1) is 0 Å². The molecule has 0 saturated heterocycles. The fraction of sp³-hybridized carbons (Fsp3) is 0.200. The number of hydrogen-bond donors (Lipinski definition) is 2. The van der Waals surface area contributed by atoms with Crippen LogP contribution in [-0.4, -0.2) is 17.4 Å². The average Bonchev–Trinajstić information content (AvgIpc) is 2.44. The number of anilines is 2. The van der Waals surface area contributed by atoms with Crippen molar-refractivity contribution in [1.82, 2.24) is 4.98 Å². The standard InChI is InChI=1S/C15H15Cl2N3O/c1-2-4-18-14-6-10(3-5-19-14)15(21)20-13-8-11(16)7-12(17)9-13/h3,5-9H,2,4H2,1H3,(H,18,19)(H,20,21). The van der Waals surface area contributed by atoms with Gasteiger partial charge < -0.3 is 10.6 Å². The van der Waals surface area contributed by atoms with Crippen LogP contribution in [0.15, 0.2) is 36.5 Å². The first-order valence-electron chi connectivity index (χ1n) is 6.56. The van der Waals surface area contributed by atoms with Crippen molar-refractivity contribution in [2.45, 2.75) is 13.3 Å². The molecule has 6 heteroatoms. The summed E-state index contributed by atoms with van der Waals surface area (Å²) in [5, 5.41) is 6.84. The summed E-state index contributed by atoms with van der Waals surface area (Å²) in [6.45, 7) is 2.87. The Morgan fingerprint density at radius 1 is 1.19 bits per heavy atom. The first kappa shape index (κ1) is 15.6. The first-order valence-corrected chi connectivity index (χ1v) is 7.31. The number of benzene rings is 1. The van der Waals surface area contributed by atoms with Crippen molar-refractivity contribution in [2.24, 2.45) is 0 Å². The highest BCUT2D eigenvalue weighted by Crippen LogP contribution is 2.23. The van der Waals surface area contributed by atoms with Gasteiger partial charge >= 0.3 is 0 Å². The molecule has 0 radical (unpaired) electrons. The monoisotopic (exact) mass is 323 g/mol. The van der Waals surface area contributed by atoms with Crippen molar-refractivity contribution in [2.75, 3.05) is 17.2 Å². The number of nitrogens with one attached hydrogen (secondary N) is 2. The van der Waals surface area contributed by atoms with E-state index in [4.69, 9.17) is 23.2 Å². The van der Waals surface area contributed by atoms with Crippen LogP contribution >= 0.6 is 23.2 Å². The number of amides is 1. The van der Waals surface area contributed by atoms with Gasteiger partial charge in [-0.25, -0.2) is 4.98 Å². The molecular formula is C15H15Cl2N3O. The van der Waals surface area contributed by atoms with E-state index in [2.05, 4.69) is 22.5 Å². The summed E-state index contributed by atoms with van der Waals surface area (Å²) in [4.78, 5) is 16.4. The topological polar surface area (TPSA) is 54.0 Å². The summed E-state index contributed by atoms with van der Waals surface area (Å²) < 4.78 is 0. The lowest BCUT2D eigenvalue weighted by atomic mass is 10.2. The molecule has 2 N–H and O–H groups in total. The number of carbonyl (C=O) groups is 1. The van der Waals surface area contributed by atoms with E-state index in [1.54, 1.807) is 36.5 Å². The SMILES string of the molecule is CCCNc1cc(C(=O)Nc2cc(Cl)cc(Cl)c2)ccn1. The second-order valence-corrected chi connectivity index (χ2v) is 5.34. The minimum atomic E-state index is -0.240. The van der Waals surface area contributed by atoms with Gasteiger partial charge in [-0.05, 0) is 36.8 Å². The Bertz CT molecular complexity index is 626. The minimum absolute atomic E-state index is 0.240. The number of halogens is 2. The molecule has 1 aromatic heterocycles. The molecule has 0 bridgehead atoms. The van der Waals surface area contributed by atoms with E-state index >= 15 is 0 Å². The second-order valence-electron chi connectivity index (χ2n) is 4.47. The van der Waals surface area contributed by atoms with Gasteiger partial charge in [0.1, 0.15) is 5.82 Å². The molecule has 0 saturated carbocycles. The largest absolute Gasteiger partial charge is 0.370 e. The van der Waals surface area contributed by atoms with Crippen LogP contribution < -0.4 is 10.6 Å². The number of pyridine rings is 1. The van der Waals surface area contributed by atoms with Crippen LogP contribution in [0.1, 0.15) is 23.7 Å². The van der Waals surface area contributed by atoms with Gasteiger partial charge in [0.05, 0.1) is 0 Å². The third-order valence-electron chi connectivity index (χ3n) is 2.70. The van der Waals surface area contributed by atoms with E-state index in [9.17, 15) is 4.79 Å². The van der Waals surface area contributed by atoms with Crippen LogP contribution in [-0.2, 0) is 0 Å². The second kappa shape index (κ2) is 7.29. The molecule has 0 unspecified atom stereocenters. The van der Waals surface area contributed by atoms with E-state index in [1.807, 2.05) is 0 Å². The maximum absolute atomic E-state index is 12.2. The molecule has 0 spiro atoms. The Morgan fingerprint density at radius 3 is 2.57 bits per heavy atom. The Balaban J connectivity index is 2.12. The Hall–Kier alpha value is -1.78. The molecule has 1 aromatic carbocycles. The Morgan fingerprint density at radius 2 is 1.90 bits per heavy atom. The Kier molecular flexibility index (Phi) is 5.42. The highest BCUT2D eigenvalue weighted by molar-refractivity contribution is 6.35. The van der Waals surface area contributed by atoms with Gasteiger partial charge in [-0.1, -0.05) is 30.1 Å². The summed E-state index contributed by atoms with van der Waals surface area (Å²) >= 11 is 11.8. The quantitative estimate of drug-likeness (QED) is 0.853. The van der Waals surface area contributed by atoms with Gasteiger partial charge in [0, 0.05) is 34.0 Å². The predicted octanol–water partition coefficient (Wildman–Crippen LogP) is 4.46. The summed E-state index contributed by atoms with van der Waals surface area (Å²) in [5.74, 6) is 0.434. The summed E-state index contributed by atoms with van der Waals surface area (Å²) in [6.07, 6.45) is 2.58. The summed E-state index contributed by atoms with van der Waals surface area (Å²) in [5.41, 5.74) is 1.07. The van der Waals surface area contributed by atoms with Gasteiger partial charge in [-0.3, -0.25) is 4.79 Å². The van der Waals surface area contributed by atoms with Crippen LogP contribution in [0.4, 0.5) is 11.5 Å². The smallest absolute Gasteiger partial charge is 0.255 e. The lowest BCUT2D eigenvalue weighted by molar-refractivity contribution is 0.102. The number of hydrogen-bond acceptors (Lipinski definition) is 3. The van der Waals surface area contributed by atoms with Crippen LogP contribution in [0, 0.1) is 0 Å². The van der Waals surface area contributed by atoms with E-state index in [1.165, 1.54) is 0 Å². The minimum Gasteiger partial charge on any atom is -0.370 e. The van der Waals surface area contributed by atoms with Gasteiger partial charge in [0.25, 0.3) is 5.91 Å². The normalized spacial score (nSPS) is 10.2. The van der Waals surface area contributed by atoms with Crippen LogP contribution in [0.5, 0.6) is 0 Å². The van der Waals surface area contributed by atoms with E-state index in [-0.39, 0.29) is 5.91 Å². The Labute approximate surface area is 133 Å². The zero-order valence-corrected chi connectivity index (χ0v) is 13.0. The molecule has 1 amide bonds. The van der Waals surface area contributed by atoms with E-state index in [0.717, 1.165) is 13.0 Å². The zero-order valence-electron chi connectivity index (χ0n) is 11.5. The zero-order chi connectivity index (χ0) is 15.2. The number of carbonyl (C=O) groups excluding carboxylic acids is 1. The van der Waals surface area contributed by atoms with Crippen molar-refractivity contribution >= 4 is 40.6 Å². The fourth-order valence-corrected chi connectivity index (χ4v) is 2.28. The van der Waals surface area contributed by atoms with Crippen molar-refractivity contribution < 1.29 is 4.79 Å². The maximum Gasteiger partial charge on any atom is 0.255 e. The third-order valence-corrected chi connectivity index (χ3v) is 3.14. The average molecular weight is 324 g/mol. The molecule has 110 valence electrons. The molecule has 0 atom stereocenters. The summed E-state index contributed by atoms with van der Waals surface area (Å²) in [6, 6.07) is 8.25. The molecule has 0 aliphatic heterocycles. The molecule has 1 heterocycles. The highest BCUT2D eigenvalue weighted by Gasteiger charge is 2.08. The van der Waals surface area contributed by atoms with E-state index < -0.39 is 0 Å². The molecule has 0 fully saturated rings. The first-order chi connectivity index (χ1) is 10.1. The van der Waals surface area contributed by atoms with Crippen molar-refractivity contribution in [3.8, 4) is 0 Å². The van der Waals surface area contributed by atoms with Crippen molar-refractivity contribution in [3.63, 3.8) is 0 Å². The van der Waals surface area contributed by atoms with E-state index in [0.29, 0.717) is 27.1 Å². The third kappa shape index (κ3) is 4.62. The fourth-order valence-electron chi connectivity index (χ4n) is 1.75. The lowest BCUT2D eigenvalue weighted by Crippen LogP contribution is -2.13. The predicted molar refractivity (Wildman–Crippen MR) is 87.4 cm³/mol. The number of nitrogens with zero attached hydrogens (tertiary/aromatic N) is 1. The molecule has 0 aliphatic rings. The van der Waals surface area contributed by atoms with Crippen molar-refractivity contribution in [1.29, 1.82) is 0 Å². The molecule has 21 heavy (non-hydrogen) atoms. The van der Waals surface area contributed by atoms with Crippen LogP contribution in [0.25, 0.3) is 0 Å². The molecule has 2 aromatic rings. The van der Waals surface area contributed by atoms with Gasteiger partial charge in [0.15, 0.2) is 0 Å². The number of rotatable bonds is 5. The van der Waals surface area contributed by atoms with Gasteiger partial charge in [-0.2, -0.15) is 0 Å².